The highest BCUT2D eigenvalue weighted by molar-refractivity contribution is 8.15. The minimum atomic E-state index is -4.37. The number of nitriles is 1. The average molecular weight is 441 g/mol. The molecule has 29 heavy (non-hydrogen) atoms. The summed E-state index contributed by atoms with van der Waals surface area (Å²) in [5.74, 6) is 0.522. The van der Waals surface area contributed by atoms with Crippen molar-refractivity contribution in [2.45, 2.75) is 17.5 Å². The van der Waals surface area contributed by atoms with Gasteiger partial charge in [0.2, 0.25) is 0 Å². The van der Waals surface area contributed by atoms with Crippen molar-refractivity contribution in [2.24, 2.45) is 4.99 Å². The molecule has 1 aliphatic rings. The Morgan fingerprint density at radius 3 is 2.48 bits per heavy atom. The Balaban J connectivity index is 1.70. The van der Waals surface area contributed by atoms with Crippen LogP contribution in [0.4, 0.5) is 13.2 Å². The third-order valence-electron chi connectivity index (χ3n) is 4.25. The third-order valence-corrected chi connectivity index (χ3v) is 5.88. The monoisotopic (exact) mass is 440 g/mol. The highest BCUT2D eigenvalue weighted by Crippen LogP contribution is 2.34. The number of methoxy groups -OCH3 is 1. The molecular formula is C20H16ClF3N2O2S. The molecule has 9 heteroatoms. The lowest BCUT2D eigenvalue weighted by atomic mass is 10.1. The van der Waals surface area contributed by atoms with Crippen LogP contribution in [0.5, 0.6) is 5.75 Å². The second kappa shape index (κ2) is 9.08. The largest absolute Gasteiger partial charge is 0.492 e. The molecule has 152 valence electrons. The van der Waals surface area contributed by atoms with Crippen LogP contribution in [0.2, 0.25) is 5.02 Å². The predicted octanol–water partition coefficient (Wildman–Crippen LogP) is 5.19. The van der Waals surface area contributed by atoms with Crippen LogP contribution in [-0.4, -0.2) is 36.7 Å². The van der Waals surface area contributed by atoms with E-state index in [-0.39, 0.29) is 11.3 Å². The predicted molar refractivity (Wildman–Crippen MR) is 107 cm³/mol. The first-order valence-electron chi connectivity index (χ1n) is 8.55. The summed E-state index contributed by atoms with van der Waals surface area (Å²) in [6.07, 6.45) is -4.37. The van der Waals surface area contributed by atoms with E-state index in [0.29, 0.717) is 40.2 Å². The Morgan fingerprint density at radius 2 is 1.90 bits per heavy atom. The molecular weight excluding hydrogens is 425 g/mol. The summed E-state index contributed by atoms with van der Waals surface area (Å²) in [5, 5.41) is 9.80. The highest BCUT2D eigenvalue weighted by Gasteiger charge is 2.33. The lowest BCUT2D eigenvalue weighted by molar-refractivity contribution is -0.137. The van der Waals surface area contributed by atoms with Gasteiger partial charge in [0.1, 0.15) is 18.4 Å². The van der Waals surface area contributed by atoms with Gasteiger partial charge in [-0.2, -0.15) is 18.4 Å². The molecule has 1 heterocycles. The van der Waals surface area contributed by atoms with Gasteiger partial charge >= 0.3 is 6.18 Å². The Morgan fingerprint density at radius 1 is 1.17 bits per heavy atom. The molecule has 0 bridgehead atoms. The smallest absolute Gasteiger partial charge is 0.416 e. The van der Waals surface area contributed by atoms with Crippen molar-refractivity contribution in [1.29, 1.82) is 5.26 Å². The minimum Gasteiger partial charge on any atom is -0.492 e. The summed E-state index contributed by atoms with van der Waals surface area (Å²) < 4.78 is 49.3. The molecule has 0 saturated carbocycles. The molecule has 1 aliphatic heterocycles. The van der Waals surface area contributed by atoms with Gasteiger partial charge in [0.05, 0.1) is 39.1 Å². The number of hydrogen-bond acceptors (Lipinski definition) is 5. The van der Waals surface area contributed by atoms with E-state index in [1.54, 1.807) is 25.3 Å². The average Bonchev–Trinajstić information content (AvgIpc) is 3.09. The zero-order valence-corrected chi connectivity index (χ0v) is 16.8. The van der Waals surface area contributed by atoms with Crippen molar-refractivity contribution in [1.82, 2.24) is 0 Å². The Bertz CT molecular complexity index is 942. The second-order valence-electron chi connectivity index (χ2n) is 6.25. The molecule has 0 fully saturated rings. The maximum Gasteiger partial charge on any atom is 0.416 e. The molecule has 2 aromatic rings. The molecule has 2 unspecified atom stereocenters. The number of rotatable bonds is 6. The van der Waals surface area contributed by atoms with E-state index in [9.17, 15) is 13.2 Å². The number of benzene rings is 2. The van der Waals surface area contributed by atoms with Gasteiger partial charge in [0, 0.05) is 18.7 Å². The molecule has 0 N–H and O–H groups in total. The van der Waals surface area contributed by atoms with E-state index in [2.05, 4.69) is 4.99 Å². The number of nitrogens with zero attached hydrogens (tertiary/aromatic N) is 2. The van der Waals surface area contributed by atoms with Crippen LogP contribution in [0.15, 0.2) is 47.5 Å². The lowest BCUT2D eigenvalue weighted by Gasteiger charge is -2.17. The van der Waals surface area contributed by atoms with Gasteiger partial charge in [0.25, 0.3) is 0 Å². The Hall–Kier alpha value is -2.21. The van der Waals surface area contributed by atoms with Gasteiger partial charge < -0.3 is 9.47 Å². The summed E-state index contributed by atoms with van der Waals surface area (Å²) in [6.45, 7) is 0.661. The maximum absolute atomic E-state index is 12.8. The molecule has 0 aromatic heterocycles. The number of hydrogen-bond donors (Lipinski definition) is 0. The zero-order valence-electron chi connectivity index (χ0n) is 15.2. The van der Waals surface area contributed by atoms with Crippen LogP contribution in [-0.2, 0) is 10.9 Å². The van der Waals surface area contributed by atoms with Crippen LogP contribution in [0.25, 0.3) is 0 Å². The van der Waals surface area contributed by atoms with E-state index in [1.807, 2.05) is 6.07 Å². The fourth-order valence-electron chi connectivity index (χ4n) is 2.75. The van der Waals surface area contributed by atoms with E-state index in [1.165, 1.54) is 23.9 Å². The van der Waals surface area contributed by atoms with E-state index in [0.717, 1.165) is 12.1 Å². The van der Waals surface area contributed by atoms with E-state index in [4.69, 9.17) is 26.3 Å². The molecule has 0 saturated heterocycles. The topological polar surface area (TPSA) is 54.6 Å². The van der Waals surface area contributed by atoms with Crippen molar-refractivity contribution >= 4 is 28.4 Å². The van der Waals surface area contributed by atoms with Gasteiger partial charge in [-0.25, -0.2) is 0 Å². The number of aliphatic imine (C=N–C) groups is 1. The molecule has 0 spiro atoms. The van der Waals surface area contributed by atoms with Gasteiger partial charge in [-0.15, -0.1) is 0 Å². The second-order valence-corrected chi connectivity index (χ2v) is 7.89. The van der Waals surface area contributed by atoms with Crippen LogP contribution in [0.3, 0.4) is 0 Å². The van der Waals surface area contributed by atoms with Crippen LogP contribution >= 0.6 is 23.4 Å². The van der Waals surface area contributed by atoms with Gasteiger partial charge in [-0.1, -0.05) is 35.5 Å². The first-order valence-corrected chi connectivity index (χ1v) is 9.81. The molecule has 2 atom stereocenters. The molecule has 4 nitrogen and oxygen atoms in total. The van der Waals surface area contributed by atoms with Gasteiger partial charge in [-0.3, -0.25) is 4.99 Å². The number of halogens is 4. The van der Waals surface area contributed by atoms with Gasteiger partial charge in [0.15, 0.2) is 0 Å². The number of alkyl halides is 3. The summed E-state index contributed by atoms with van der Waals surface area (Å²) in [7, 11) is 1.56. The Kier molecular flexibility index (Phi) is 6.73. The first kappa shape index (κ1) is 21.5. The SMILES string of the molecule is COCC1N=C(c2ccc(C(F)(F)F)cc2)SC1COc1ccc(C#N)c(Cl)c1. The highest BCUT2D eigenvalue weighted by atomic mass is 35.5. The molecule has 2 aromatic carbocycles. The summed E-state index contributed by atoms with van der Waals surface area (Å²) in [6, 6.07) is 11.5. The zero-order chi connectivity index (χ0) is 21.0. The van der Waals surface area contributed by atoms with E-state index >= 15 is 0 Å². The van der Waals surface area contributed by atoms with Crippen LogP contribution < -0.4 is 4.74 Å². The fourth-order valence-corrected chi connectivity index (χ4v) is 4.15. The third kappa shape index (κ3) is 5.24. The van der Waals surface area contributed by atoms with Crippen molar-refractivity contribution in [2.75, 3.05) is 20.3 Å². The van der Waals surface area contributed by atoms with Gasteiger partial charge in [-0.05, 0) is 24.3 Å². The number of thioether (sulfide) groups is 1. The lowest BCUT2D eigenvalue weighted by Crippen LogP contribution is -2.28. The van der Waals surface area contributed by atoms with Crippen LogP contribution in [0.1, 0.15) is 16.7 Å². The molecule has 3 rings (SSSR count). The molecule has 0 radical (unpaired) electrons. The van der Waals surface area contributed by atoms with Crippen molar-refractivity contribution in [3.63, 3.8) is 0 Å². The minimum absolute atomic E-state index is 0.0818. The standard InChI is InChI=1S/C20H16ClF3N2O2S/c1-27-10-17-18(11-28-15-7-4-13(9-25)16(21)8-15)29-19(26-17)12-2-5-14(6-3-12)20(22,23)24/h2-8,17-18H,10-11H2,1H3. The fraction of sp³-hybridized carbons (Fsp3) is 0.300. The normalized spacial score (nSPS) is 19.0. The summed E-state index contributed by atoms with van der Waals surface area (Å²) in [5.41, 5.74) is 0.281. The van der Waals surface area contributed by atoms with Crippen LogP contribution in [0, 0.1) is 11.3 Å². The maximum atomic E-state index is 12.8. The quantitative estimate of drug-likeness (QED) is 0.620. The Labute approximate surface area is 175 Å². The van der Waals surface area contributed by atoms with Crippen molar-refractivity contribution < 1.29 is 22.6 Å². The molecule has 0 aliphatic carbocycles. The van der Waals surface area contributed by atoms with Crippen molar-refractivity contribution in [3.8, 4) is 11.8 Å². The van der Waals surface area contributed by atoms with Crippen molar-refractivity contribution in [3.05, 3.63) is 64.2 Å². The number of ether oxygens (including phenoxy) is 2. The summed E-state index contributed by atoms with van der Waals surface area (Å²) >= 11 is 7.46. The first-order chi connectivity index (χ1) is 13.8. The van der Waals surface area contributed by atoms with E-state index < -0.39 is 11.7 Å². The summed E-state index contributed by atoms with van der Waals surface area (Å²) in [4.78, 5) is 4.60. The molecule has 0 amide bonds.